The fourth-order valence-corrected chi connectivity index (χ4v) is 3.26. The summed E-state index contributed by atoms with van der Waals surface area (Å²) in [4.78, 5) is 22.5. The summed E-state index contributed by atoms with van der Waals surface area (Å²) in [6, 6.07) is 3.95. The highest BCUT2D eigenvalue weighted by Gasteiger charge is 2.20. The summed E-state index contributed by atoms with van der Waals surface area (Å²) < 4.78 is 0. The van der Waals surface area contributed by atoms with Gasteiger partial charge in [0.05, 0.1) is 10.6 Å². The predicted octanol–water partition coefficient (Wildman–Crippen LogP) is 1.42. The normalized spacial score (nSPS) is 16.5. The van der Waals surface area contributed by atoms with Crippen molar-refractivity contribution in [1.82, 2.24) is 15.3 Å². The van der Waals surface area contributed by atoms with Gasteiger partial charge in [-0.05, 0) is 19.1 Å². The second-order valence-electron chi connectivity index (χ2n) is 5.22. The summed E-state index contributed by atoms with van der Waals surface area (Å²) >= 11 is 1.57. The molecule has 0 saturated heterocycles. The third-order valence-corrected chi connectivity index (χ3v) is 4.55. The molecule has 1 amide bonds. The third-order valence-electron chi connectivity index (χ3n) is 3.56. The van der Waals surface area contributed by atoms with Crippen molar-refractivity contribution >= 4 is 34.4 Å². The van der Waals surface area contributed by atoms with Gasteiger partial charge in [-0.1, -0.05) is 0 Å². The van der Waals surface area contributed by atoms with Crippen LogP contribution in [0.4, 0.5) is 5.69 Å². The zero-order chi connectivity index (χ0) is 15.5. The molecule has 22 heavy (non-hydrogen) atoms. The van der Waals surface area contributed by atoms with Gasteiger partial charge in [0.1, 0.15) is 5.65 Å². The number of anilines is 1. The summed E-state index contributed by atoms with van der Waals surface area (Å²) in [6.07, 6.45) is 5.56. The first-order valence-corrected chi connectivity index (χ1v) is 8.22. The number of carbonyl (C=O) groups excluding carboxylic acids is 1. The van der Waals surface area contributed by atoms with Crippen LogP contribution >= 0.6 is 11.8 Å². The van der Waals surface area contributed by atoms with E-state index in [0.29, 0.717) is 11.4 Å². The Labute approximate surface area is 133 Å². The van der Waals surface area contributed by atoms with Crippen molar-refractivity contribution in [3.05, 3.63) is 35.6 Å². The number of hydrogen-bond donors (Lipinski definition) is 3. The summed E-state index contributed by atoms with van der Waals surface area (Å²) in [7, 11) is 0. The van der Waals surface area contributed by atoms with E-state index in [9.17, 15) is 4.79 Å². The molecule has 6 nitrogen and oxygen atoms in total. The Bertz CT molecular complexity index is 711. The van der Waals surface area contributed by atoms with E-state index in [4.69, 9.17) is 5.73 Å². The molecule has 0 bridgehead atoms. The van der Waals surface area contributed by atoms with Gasteiger partial charge in [0.25, 0.3) is 5.91 Å². The molecule has 2 aromatic rings. The zero-order valence-electron chi connectivity index (χ0n) is 12.4. The number of carbonyl (C=O) groups is 1. The highest BCUT2D eigenvalue weighted by atomic mass is 32.2. The van der Waals surface area contributed by atoms with E-state index < -0.39 is 0 Å². The monoisotopic (exact) mass is 317 g/mol. The van der Waals surface area contributed by atoms with Crippen LogP contribution < -0.4 is 16.0 Å². The second kappa shape index (κ2) is 6.41. The first-order valence-electron chi connectivity index (χ1n) is 7.23. The van der Waals surface area contributed by atoms with Crippen molar-refractivity contribution < 1.29 is 4.79 Å². The van der Waals surface area contributed by atoms with Crippen molar-refractivity contribution in [2.24, 2.45) is 5.73 Å². The highest BCUT2D eigenvalue weighted by molar-refractivity contribution is 8.04. The molecule has 2 aromatic heterocycles. The Balaban J connectivity index is 1.87. The molecule has 0 aromatic carbocycles. The highest BCUT2D eigenvalue weighted by Crippen LogP contribution is 2.30. The van der Waals surface area contributed by atoms with Crippen LogP contribution in [0.3, 0.4) is 0 Å². The van der Waals surface area contributed by atoms with E-state index >= 15 is 0 Å². The molecule has 0 aliphatic carbocycles. The molecular weight excluding hydrogens is 298 g/mol. The van der Waals surface area contributed by atoms with E-state index in [-0.39, 0.29) is 11.9 Å². The standard InChI is InChI=1S/C15H19N5OS/c1-10(8-16)19-15(21)13-9-20(6-7-22-13)12-3-5-18-14-11(12)2-4-17-14/h2-5,9-10H,6-8,16H2,1H3,(H,17,18)(H,19,21)/t10-/m0/s1. The fraction of sp³-hybridized carbons (Fsp3) is 0.333. The molecular formula is C15H19N5OS. The molecule has 0 spiro atoms. The fourth-order valence-electron chi connectivity index (χ4n) is 2.36. The number of nitrogens with two attached hydrogens (primary N) is 1. The number of fused-ring (bicyclic) bond motifs is 1. The summed E-state index contributed by atoms with van der Waals surface area (Å²) in [5.74, 6) is 0.803. The summed E-state index contributed by atoms with van der Waals surface area (Å²) in [5.41, 5.74) is 7.47. The van der Waals surface area contributed by atoms with Crippen LogP contribution in [0.25, 0.3) is 11.0 Å². The Kier molecular flexibility index (Phi) is 4.35. The predicted molar refractivity (Wildman–Crippen MR) is 90.6 cm³/mol. The molecule has 1 aliphatic heterocycles. The summed E-state index contributed by atoms with van der Waals surface area (Å²) in [5, 5.41) is 3.96. The number of nitrogens with zero attached hydrogens (tertiary/aromatic N) is 2. The number of amides is 1. The third kappa shape index (κ3) is 2.95. The van der Waals surface area contributed by atoms with E-state index in [2.05, 4.69) is 20.2 Å². The lowest BCUT2D eigenvalue weighted by atomic mass is 10.2. The van der Waals surface area contributed by atoms with Gasteiger partial charge < -0.3 is 20.9 Å². The van der Waals surface area contributed by atoms with Gasteiger partial charge in [-0.15, -0.1) is 11.8 Å². The van der Waals surface area contributed by atoms with Gasteiger partial charge in [-0.2, -0.15) is 0 Å². The van der Waals surface area contributed by atoms with Gasteiger partial charge in [0.2, 0.25) is 0 Å². The van der Waals surface area contributed by atoms with Crippen molar-refractivity contribution in [2.75, 3.05) is 23.7 Å². The number of hydrogen-bond acceptors (Lipinski definition) is 5. The molecule has 1 atom stereocenters. The topological polar surface area (TPSA) is 87.0 Å². The molecule has 3 heterocycles. The van der Waals surface area contributed by atoms with Crippen LogP contribution in [0.1, 0.15) is 6.92 Å². The largest absolute Gasteiger partial charge is 0.348 e. The van der Waals surface area contributed by atoms with E-state index in [1.807, 2.05) is 31.5 Å². The molecule has 4 N–H and O–H groups in total. The van der Waals surface area contributed by atoms with E-state index in [1.54, 1.807) is 18.0 Å². The lowest BCUT2D eigenvalue weighted by molar-refractivity contribution is -0.117. The quantitative estimate of drug-likeness (QED) is 0.794. The molecule has 7 heteroatoms. The van der Waals surface area contributed by atoms with Gasteiger partial charge >= 0.3 is 0 Å². The Morgan fingerprint density at radius 3 is 3.27 bits per heavy atom. The number of pyridine rings is 1. The van der Waals surface area contributed by atoms with Gasteiger partial charge in [-0.3, -0.25) is 4.79 Å². The SMILES string of the molecule is C[C@@H](CN)NC(=O)C1=CN(c2ccnc3[nH]ccc23)CCS1. The van der Waals surface area contributed by atoms with Crippen LogP contribution in [-0.2, 0) is 4.79 Å². The average Bonchev–Trinajstić information content (AvgIpc) is 3.03. The van der Waals surface area contributed by atoms with Gasteiger partial charge in [-0.25, -0.2) is 4.98 Å². The lowest BCUT2D eigenvalue weighted by Gasteiger charge is -2.27. The molecule has 0 unspecified atom stereocenters. The van der Waals surface area contributed by atoms with Crippen LogP contribution in [0.2, 0.25) is 0 Å². The van der Waals surface area contributed by atoms with Gasteiger partial charge in [0.15, 0.2) is 0 Å². The van der Waals surface area contributed by atoms with Crippen molar-refractivity contribution in [3.8, 4) is 0 Å². The minimum atomic E-state index is -0.0629. The van der Waals surface area contributed by atoms with Gasteiger partial charge in [0, 0.05) is 48.9 Å². The first-order chi connectivity index (χ1) is 10.7. The Morgan fingerprint density at radius 2 is 2.45 bits per heavy atom. The molecule has 3 rings (SSSR count). The molecule has 1 aliphatic rings. The second-order valence-corrected chi connectivity index (χ2v) is 6.35. The van der Waals surface area contributed by atoms with E-state index in [1.165, 1.54) is 0 Å². The van der Waals surface area contributed by atoms with E-state index in [0.717, 1.165) is 29.0 Å². The number of rotatable bonds is 4. The molecule has 0 fully saturated rings. The number of H-pyrrole nitrogens is 1. The number of nitrogens with one attached hydrogen (secondary N) is 2. The Hall–Kier alpha value is -1.99. The first kappa shape index (κ1) is 14.9. The smallest absolute Gasteiger partial charge is 0.259 e. The van der Waals surface area contributed by atoms with Crippen molar-refractivity contribution in [3.63, 3.8) is 0 Å². The minimum absolute atomic E-state index is 0.0262. The van der Waals surface area contributed by atoms with Crippen LogP contribution in [0.15, 0.2) is 35.6 Å². The maximum absolute atomic E-state index is 12.3. The number of aromatic nitrogens is 2. The molecule has 0 saturated carbocycles. The number of aromatic amines is 1. The summed E-state index contributed by atoms with van der Waals surface area (Å²) in [6.45, 7) is 3.19. The van der Waals surface area contributed by atoms with Crippen LogP contribution in [-0.4, -0.2) is 40.8 Å². The molecule has 0 radical (unpaired) electrons. The maximum Gasteiger partial charge on any atom is 0.259 e. The van der Waals surface area contributed by atoms with Crippen molar-refractivity contribution in [1.29, 1.82) is 0 Å². The maximum atomic E-state index is 12.3. The Morgan fingerprint density at radius 1 is 1.59 bits per heavy atom. The number of thioether (sulfide) groups is 1. The average molecular weight is 317 g/mol. The van der Waals surface area contributed by atoms with Crippen LogP contribution in [0, 0.1) is 0 Å². The van der Waals surface area contributed by atoms with Crippen molar-refractivity contribution in [2.45, 2.75) is 13.0 Å². The zero-order valence-corrected chi connectivity index (χ0v) is 13.2. The molecule has 116 valence electrons. The lowest BCUT2D eigenvalue weighted by Crippen LogP contribution is -2.39. The van der Waals surface area contributed by atoms with Crippen LogP contribution in [0.5, 0.6) is 0 Å². The minimum Gasteiger partial charge on any atom is -0.348 e.